The smallest absolute Gasteiger partial charge is 0.129 e. The molecule has 0 bridgehead atoms. The SMILES string of the molecule is OC(Cn1cc(-c2ccccc2)nn1)(Cn1cc(-c2ccccc2)nn1)c1ccc(Cl)cc1. The monoisotopic (exact) mass is 456 g/mol. The second-order valence-electron chi connectivity index (χ2n) is 7.87. The number of aliphatic hydroxyl groups is 1. The van der Waals surface area contributed by atoms with E-state index < -0.39 is 5.60 Å². The van der Waals surface area contributed by atoms with Gasteiger partial charge >= 0.3 is 0 Å². The Balaban J connectivity index is 1.45. The van der Waals surface area contributed by atoms with Crippen molar-refractivity contribution in [3.63, 3.8) is 0 Å². The van der Waals surface area contributed by atoms with E-state index in [9.17, 15) is 5.11 Å². The fourth-order valence-corrected chi connectivity index (χ4v) is 3.89. The van der Waals surface area contributed by atoms with Crippen molar-refractivity contribution in [3.8, 4) is 22.5 Å². The van der Waals surface area contributed by atoms with Crippen LogP contribution in [0.1, 0.15) is 5.56 Å². The summed E-state index contributed by atoms with van der Waals surface area (Å²) in [5, 5.41) is 29.5. The van der Waals surface area contributed by atoms with Gasteiger partial charge in [-0.15, -0.1) is 10.2 Å². The number of hydrogen-bond donors (Lipinski definition) is 1. The molecular weight excluding hydrogens is 436 g/mol. The summed E-state index contributed by atoms with van der Waals surface area (Å²) >= 11 is 6.09. The molecule has 0 spiro atoms. The Morgan fingerprint density at radius 3 is 1.58 bits per heavy atom. The average Bonchev–Trinajstić information content (AvgIpc) is 3.50. The van der Waals surface area contributed by atoms with Gasteiger partial charge in [0, 0.05) is 16.1 Å². The fraction of sp³-hybridized carbons (Fsp3) is 0.120. The van der Waals surface area contributed by atoms with Gasteiger partial charge < -0.3 is 5.11 Å². The highest BCUT2D eigenvalue weighted by molar-refractivity contribution is 6.30. The van der Waals surface area contributed by atoms with E-state index in [1.165, 1.54) is 0 Å². The van der Waals surface area contributed by atoms with Crippen molar-refractivity contribution in [2.24, 2.45) is 0 Å². The van der Waals surface area contributed by atoms with Gasteiger partial charge in [-0.05, 0) is 17.7 Å². The summed E-state index contributed by atoms with van der Waals surface area (Å²) in [4.78, 5) is 0. The van der Waals surface area contributed by atoms with E-state index in [0.29, 0.717) is 10.6 Å². The molecule has 164 valence electrons. The summed E-state index contributed by atoms with van der Waals surface area (Å²) in [7, 11) is 0. The lowest BCUT2D eigenvalue weighted by molar-refractivity contribution is -0.00611. The molecule has 0 amide bonds. The number of benzene rings is 3. The molecule has 0 atom stereocenters. The lowest BCUT2D eigenvalue weighted by atomic mass is 9.93. The molecule has 0 saturated heterocycles. The van der Waals surface area contributed by atoms with Crippen molar-refractivity contribution < 1.29 is 5.11 Å². The summed E-state index contributed by atoms with van der Waals surface area (Å²) in [6.45, 7) is 0.351. The largest absolute Gasteiger partial charge is 0.381 e. The van der Waals surface area contributed by atoms with E-state index in [4.69, 9.17) is 11.6 Å². The van der Waals surface area contributed by atoms with E-state index in [-0.39, 0.29) is 13.1 Å². The number of halogens is 1. The van der Waals surface area contributed by atoms with Gasteiger partial charge in [0.05, 0.1) is 25.5 Å². The fourth-order valence-electron chi connectivity index (χ4n) is 3.76. The van der Waals surface area contributed by atoms with Crippen LogP contribution in [-0.2, 0) is 18.7 Å². The third-order valence-corrected chi connectivity index (χ3v) is 5.70. The van der Waals surface area contributed by atoms with Crippen LogP contribution in [0.3, 0.4) is 0 Å². The molecule has 0 saturated carbocycles. The number of aromatic nitrogens is 6. The zero-order valence-corrected chi connectivity index (χ0v) is 18.4. The molecule has 3 aromatic carbocycles. The third kappa shape index (κ3) is 4.69. The molecule has 5 aromatic rings. The standard InChI is InChI=1S/C25H21ClN6O/c26-22-13-11-21(12-14-22)25(33,17-31-15-23(27-29-31)19-7-3-1-4-8-19)18-32-16-24(28-30-32)20-9-5-2-6-10-20/h1-16,33H,17-18H2. The van der Waals surface area contributed by atoms with Crippen LogP contribution < -0.4 is 0 Å². The van der Waals surface area contributed by atoms with Gasteiger partial charge in [-0.2, -0.15) is 0 Å². The lowest BCUT2D eigenvalue weighted by Gasteiger charge is -2.28. The predicted octanol–water partition coefficient (Wildman–Crippen LogP) is 4.45. The maximum atomic E-state index is 11.8. The van der Waals surface area contributed by atoms with Crippen LogP contribution in [0.15, 0.2) is 97.3 Å². The normalized spacial score (nSPS) is 11.6. The summed E-state index contributed by atoms with van der Waals surface area (Å²) in [5.41, 5.74) is 2.77. The molecule has 5 rings (SSSR count). The summed E-state index contributed by atoms with van der Waals surface area (Å²) < 4.78 is 3.29. The highest BCUT2D eigenvalue weighted by atomic mass is 35.5. The lowest BCUT2D eigenvalue weighted by Crippen LogP contribution is -2.36. The molecule has 0 fully saturated rings. The van der Waals surface area contributed by atoms with Crippen molar-refractivity contribution in [2.75, 3.05) is 0 Å². The van der Waals surface area contributed by atoms with Crippen molar-refractivity contribution in [2.45, 2.75) is 18.7 Å². The first-order valence-corrected chi connectivity index (χ1v) is 10.9. The first kappa shape index (κ1) is 21.1. The van der Waals surface area contributed by atoms with E-state index in [2.05, 4.69) is 20.6 Å². The van der Waals surface area contributed by atoms with Crippen LogP contribution >= 0.6 is 11.6 Å². The van der Waals surface area contributed by atoms with Gasteiger partial charge in [0.2, 0.25) is 0 Å². The Morgan fingerprint density at radius 1 is 0.667 bits per heavy atom. The molecule has 0 unspecified atom stereocenters. The van der Waals surface area contributed by atoms with Gasteiger partial charge in [-0.1, -0.05) is 94.8 Å². The molecule has 0 aliphatic carbocycles. The quantitative estimate of drug-likeness (QED) is 0.391. The van der Waals surface area contributed by atoms with E-state index in [1.807, 2.05) is 85.2 Å². The van der Waals surface area contributed by atoms with Gasteiger partial charge in [0.1, 0.15) is 17.0 Å². The zero-order valence-electron chi connectivity index (χ0n) is 17.7. The van der Waals surface area contributed by atoms with Crippen LogP contribution in [0.4, 0.5) is 0 Å². The Morgan fingerprint density at radius 2 is 1.12 bits per heavy atom. The zero-order chi connectivity index (χ0) is 22.7. The average molecular weight is 457 g/mol. The van der Waals surface area contributed by atoms with E-state index in [1.54, 1.807) is 21.5 Å². The van der Waals surface area contributed by atoms with Crippen LogP contribution in [0.2, 0.25) is 5.02 Å². The molecule has 0 radical (unpaired) electrons. The summed E-state index contributed by atoms with van der Waals surface area (Å²) in [6.07, 6.45) is 3.65. The first-order chi connectivity index (χ1) is 16.1. The molecule has 2 aromatic heterocycles. The van der Waals surface area contributed by atoms with Crippen LogP contribution in [0.25, 0.3) is 22.5 Å². The second kappa shape index (κ2) is 8.97. The van der Waals surface area contributed by atoms with Crippen molar-refractivity contribution in [1.82, 2.24) is 30.0 Å². The Labute approximate surface area is 195 Å². The summed E-state index contributed by atoms with van der Waals surface area (Å²) in [6, 6.07) is 26.7. The summed E-state index contributed by atoms with van der Waals surface area (Å²) in [5.74, 6) is 0. The van der Waals surface area contributed by atoms with Crippen molar-refractivity contribution >= 4 is 11.6 Å². The van der Waals surface area contributed by atoms with Crippen molar-refractivity contribution in [1.29, 1.82) is 0 Å². The van der Waals surface area contributed by atoms with Crippen LogP contribution in [-0.4, -0.2) is 35.1 Å². The molecular formula is C25H21ClN6O. The Bertz CT molecular complexity index is 1250. The third-order valence-electron chi connectivity index (χ3n) is 5.45. The highest BCUT2D eigenvalue weighted by Crippen LogP contribution is 2.28. The Hall–Kier alpha value is -3.81. The maximum Gasteiger partial charge on any atom is 0.129 e. The van der Waals surface area contributed by atoms with Gasteiger partial charge in [-0.25, -0.2) is 9.36 Å². The number of rotatable bonds is 7. The molecule has 1 N–H and O–H groups in total. The molecule has 7 nitrogen and oxygen atoms in total. The predicted molar refractivity (Wildman–Crippen MR) is 126 cm³/mol. The molecule has 8 heteroatoms. The molecule has 2 heterocycles. The minimum atomic E-state index is -1.33. The molecule has 33 heavy (non-hydrogen) atoms. The van der Waals surface area contributed by atoms with Crippen molar-refractivity contribution in [3.05, 3.63) is 108 Å². The van der Waals surface area contributed by atoms with Gasteiger partial charge in [0.25, 0.3) is 0 Å². The van der Waals surface area contributed by atoms with Crippen LogP contribution in [0, 0.1) is 0 Å². The van der Waals surface area contributed by atoms with Gasteiger partial charge in [0.15, 0.2) is 0 Å². The highest BCUT2D eigenvalue weighted by Gasteiger charge is 2.32. The van der Waals surface area contributed by atoms with Gasteiger partial charge in [-0.3, -0.25) is 0 Å². The molecule has 0 aliphatic heterocycles. The maximum absolute atomic E-state index is 11.8. The minimum Gasteiger partial charge on any atom is -0.381 e. The van der Waals surface area contributed by atoms with E-state index in [0.717, 1.165) is 22.5 Å². The number of nitrogens with zero attached hydrogens (tertiary/aromatic N) is 6. The number of hydrogen-bond acceptors (Lipinski definition) is 5. The Kier molecular flexibility index (Phi) is 5.73. The first-order valence-electron chi connectivity index (χ1n) is 10.5. The van der Waals surface area contributed by atoms with E-state index >= 15 is 0 Å². The van der Waals surface area contributed by atoms with Crippen LogP contribution in [0.5, 0.6) is 0 Å². The molecule has 0 aliphatic rings. The minimum absolute atomic E-state index is 0.176. The second-order valence-corrected chi connectivity index (χ2v) is 8.31. The topological polar surface area (TPSA) is 81.6 Å².